The molecule has 5 aliphatic rings. The van der Waals surface area contributed by atoms with Gasteiger partial charge in [-0.1, -0.05) is 30.7 Å². The minimum absolute atomic E-state index is 0.0446. The van der Waals surface area contributed by atoms with Crippen LogP contribution in [0.4, 0.5) is 0 Å². The molecule has 1 saturated carbocycles. The first kappa shape index (κ1) is 24.9. The molecule has 3 aliphatic heterocycles. The Morgan fingerprint density at radius 1 is 0.972 bits per heavy atom. The second-order valence-electron chi connectivity index (χ2n) is 10.6. The molecule has 1 N–H and O–H groups in total. The summed E-state index contributed by atoms with van der Waals surface area (Å²) in [5.74, 6) is -1.67. The van der Waals surface area contributed by atoms with Gasteiger partial charge in [-0.25, -0.2) is 14.4 Å². The molecule has 9 heteroatoms. The Balaban J connectivity index is 1.55. The first-order valence-electron chi connectivity index (χ1n) is 12.3. The molecule has 2 bridgehead atoms. The van der Waals surface area contributed by atoms with Crippen molar-refractivity contribution in [3.05, 3.63) is 47.6 Å². The normalized spacial score (nSPS) is 46.1. The molecular weight excluding hydrogens is 468 g/mol. The SMILES string of the molecule is CC1=C[C@H]2O[C@@H]3C[C@H]4OC(=O)/C=C\C=C/C(=O)OCC/C(C)=C\C(=O)OC[C@@]2(C[C@@H]1O)[C@]4(C)[C@@]31CO1. The zero-order valence-corrected chi connectivity index (χ0v) is 20.7. The lowest BCUT2D eigenvalue weighted by molar-refractivity contribution is -0.238. The van der Waals surface area contributed by atoms with E-state index in [9.17, 15) is 19.5 Å². The van der Waals surface area contributed by atoms with Crippen LogP contribution in [0.25, 0.3) is 0 Å². The van der Waals surface area contributed by atoms with Crippen LogP contribution >= 0.6 is 0 Å². The van der Waals surface area contributed by atoms with E-state index in [-0.39, 0.29) is 25.7 Å². The third kappa shape index (κ3) is 3.84. The predicted molar refractivity (Wildman–Crippen MR) is 125 cm³/mol. The first-order valence-corrected chi connectivity index (χ1v) is 12.3. The van der Waals surface area contributed by atoms with E-state index < -0.39 is 52.7 Å². The van der Waals surface area contributed by atoms with Crippen LogP contribution in [0.5, 0.6) is 0 Å². The molecule has 0 unspecified atom stereocenters. The molecule has 3 heterocycles. The van der Waals surface area contributed by atoms with E-state index >= 15 is 0 Å². The predicted octanol–water partition coefficient (Wildman–Crippen LogP) is 2.09. The molecule has 0 aromatic carbocycles. The van der Waals surface area contributed by atoms with Gasteiger partial charge in [0, 0.05) is 36.5 Å². The number of ether oxygens (including phenoxy) is 5. The van der Waals surface area contributed by atoms with Crippen LogP contribution in [0.1, 0.15) is 40.0 Å². The lowest BCUT2D eigenvalue weighted by Crippen LogP contribution is -2.68. The zero-order valence-electron chi connectivity index (χ0n) is 20.7. The Labute approximate surface area is 209 Å². The van der Waals surface area contributed by atoms with Gasteiger partial charge in [-0.15, -0.1) is 0 Å². The largest absolute Gasteiger partial charge is 0.462 e. The van der Waals surface area contributed by atoms with Crippen molar-refractivity contribution in [3.8, 4) is 0 Å². The number of allylic oxidation sites excluding steroid dienone is 2. The highest BCUT2D eigenvalue weighted by molar-refractivity contribution is 5.85. The van der Waals surface area contributed by atoms with Crippen LogP contribution in [-0.4, -0.2) is 72.9 Å². The maximum Gasteiger partial charge on any atom is 0.331 e. The summed E-state index contributed by atoms with van der Waals surface area (Å²) in [6, 6.07) is 0. The molecule has 0 radical (unpaired) electrons. The highest BCUT2D eigenvalue weighted by Crippen LogP contribution is 2.72. The average Bonchev–Trinajstić information content (AvgIpc) is 3.59. The van der Waals surface area contributed by atoms with E-state index in [1.165, 1.54) is 30.4 Å². The molecule has 5 rings (SSSR count). The Hall–Kier alpha value is -2.75. The number of carbonyl (C=O) groups excluding carboxylic acids is 3. The van der Waals surface area contributed by atoms with Gasteiger partial charge in [0.05, 0.1) is 36.9 Å². The highest BCUT2D eigenvalue weighted by Gasteiger charge is 2.83. The standard InChI is InChI=1S/C27H32O9/c1-16-8-9-32-22(29)6-4-5-7-23(30)36-19-12-21-27(15-34-27)25(19,3)26(14-33-24(31)10-16)13-18(28)17(2)11-20(26)35-21/h4-7,10-11,18-21,28H,8-9,12-15H2,1-3H3/b6-4-,7-5-,16-10-/t18-,19+,20+,21+,25+,26+,27+/m0/s1. The van der Waals surface area contributed by atoms with Crippen molar-refractivity contribution in [2.75, 3.05) is 19.8 Å². The van der Waals surface area contributed by atoms with Gasteiger partial charge in [0.15, 0.2) is 0 Å². The fraction of sp³-hybridized carbons (Fsp3) is 0.593. The number of esters is 3. The van der Waals surface area contributed by atoms with Crippen molar-refractivity contribution in [2.45, 2.75) is 70.1 Å². The number of hydrogen-bond donors (Lipinski definition) is 1. The quantitative estimate of drug-likeness (QED) is 0.231. The molecule has 0 aromatic heterocycles. The zero-order chi connectivity index (χ0) is 25.7. The molecule has 2 spiro atoms. The smallest absolute Gasteiger partial charge is 0.331 e. The van der Waals surface area contributed by atoms with E-state index in [0.29, 0.717) is 25.0 Å². The summed E-state index contributed by atoms with van der Waals surface area (Å²) >= 11 is 0. The maximum absolute atomic E-state index is 12.8. The molecule has 0 aromatic rings. The molecule has 7 atom stereocenters. The molecular formula is C27H32O9. The second kappa shape index (κ2) is 8.97. The minimum Gasteiger partial charge on any atom is -0.462 e. The lowest BCUT2D eigenvalue weighted by Gasteiger charge is -2.58. The van der Waals surface area contributed by atoms with Crippen molar-refractivity contribution in [3.63, 3.8) is 0 Å². The summed E-state index contributed by atoms with van der Waals surface area (Å²) in [7, 11) is 0. The van der Waals surface area contributed by atoms with Crippen LogP contribution in [-0.2, 0) is 38.1 Å². The Bertz CT molecular complexity index is 1080. The van der Waals surface area contributed by atoms with E-state index in [0.717, 1.165) is 5.57 Å². The summed E-state index contributed by atoms with van der Waals surface area (Å²) in [5, 5.41) is 10.9. The highest BCUT2D eigenvalue weighted by atomic mass is 16.6. The summed E-state index contributed by atoms with van der Waals surface area (Å²) in [5.41, 5.74) is -0.880. The summed E-state index contributed by atoms with van der Waals surface area (Å²) in [4.78, 5) is 37.4. The molecule has 9 nitrogen and oxygen atoms in total. The van der Waals surface area contributed by atoms with Crippen LogP contribution in [0.3, 0.4) is 0 Å². The molecule has 2 aliphatic carbocycles. The number of epoxide rings is 1. The second-order valence-corrected chi connectivity index (χ2v) is 10.6. The van der Waals surface area contributed by atoms with Gasteiger partial charge in [-0.2, -0.15) is 0 Å². The van der Waals surface area contributed by atoms with Crippen LogP contribution in [0, 0.1) is 10.8 Å². The number of aliphatic hydroxyl groups is 1. The van der Waals surface area contributed by atoms with Crippen molar-refractivity contribution < 1.29 is 43.2 Å². The number of aliphatic hydroxyl groups excluding tert-OH is 1. The van der Waals surface area contributed by atoms with Crippen molar-refractivity contribution in [1.29, 1.82) is 0 Å². The summed E-state index contributed by atoms with van der Waals surface area (Å²) in [6.07, 6.45) is 7.53. The topological polar surface area (TPSA) is 121 Å². The van der Waals surface area contributed by atoms with Gasteiger partial charge in [0.1, 0.15) is 18.3 Å². The Morgan fingerprint density at radius 3 is 2.42 bits per heavy atom. The Kier molecular flexibility index (Phi) is 6.21. The molecule has 2 saturated heterocycles. The monoisotopic (exact) mass is 500 g/mol. The number of rotatable bonds is 0. The van der Waals surface area contributed by atoms with Gasteiger partial charge in [0.25, 0.3) is 0 Å². The van der Waals surface area contributed by atoms with E-state index in [1.807, 2.05) is 19.9 Å². The van der Waals surface area contributed by atoms with Crippen molar-refractivity contribution in [2.24, 2.45) is 10.8 Å². The molecule has 36 heavy (non-hydrogen) atoms. The number of hydrogen-bond acceptors (Lipinski definition) is 9. The first-order chi connectivity index (χ1) is 17.1. The van der Waals surface area contributed by atoms with Crippen LogP contribution < -0.4 is 0 Å². The van der Waals surface area contributed by atoms with E-state index in [2.05, 4.69) is 0 Å². The van der Waals surface area contributed by atoms with Crippen molar-refractivity contribution in [1.82, 2.24) is 0 Å². The van der Waals surface area contributed by atoms with Gasteiger partial charge in [-0.05, 0) is 25.8 Å². The van der Waals surface area contributed by atoms with Crippen molar-refractivity contribution >= 4 is 17.9 Å². The molecule has 194 valence electrons. The molecule has 3 fully saturated rings. The third-order valence-electron chi connectivity index (χ3n) is 8.73. The number of cyclic esters (lactones) is 2. The molecule has 0 amide bonds. The lowest BCUT2D eigenvalue weighted by atomic mass is 9.51. The van der Waals surface area contributed by atoms with Gasteiger partial charge < -0.3 is 28.8 Å². The van der Waals surface area contributed by atoms with Gasteiger partial charge >= 0.3 is 17.9 Å². The van der Waals surface area contributed by atoms with Gasteiger partial charge in [-0.3, -0.25) is 0 Å². The average molecular weight is 501 g/mol. The van der Waals surface area contributed by atoms with E-state index in [4.69, 9.17) is 23.7 Å². The van der Waals surface area contributed by atoms with Gasteiger partial charge in [0.2, 0.25) is 0 Å². The number of carbonyl (C=O) groups is 3. The van der Waals surface area contributed by atoms with Crippen LogP contribution in [0.2, 0.25) is 0 Å². The third-order valence-corrected chi connectivity index (χ3v) is 8.73. The summed E-state index contributed by atoms with van der Waals surface area (Å²) < 4.78 is 29.5. The summed E-state index contributed by atoms with van der Waals surface area (Å²) in [6.45, 7) is 6.10. The fourth-order valence-corrected chi connectivity index (χ4v) is 6.46. The van der Waals surface area contributed by atoms with Crippen LogP contribution in [0.15, 0.2) is 47.6 Å². The minimum atomic E-state index is -0.887. The Morgan fingerprint density at radius 2 is 1.69 bits per heavy atom. The fourth-order valence-electron chi connectivity index (χ4n) is 6.46. The maximum atomic E-state index is 12.8. The van der Waals surface area contributed by atoms with E-state index in [1.54, 1.807) is 6.92 Å².